The molecule has 2 atom stereocenters. The molecule has 8 heteroatoms. The van der Waals surface area contributed by atoms with Gasteiger partial charge in [0.15, 0.2) is 11.2 Å². The molecule has 6 rings (SSSR count). The molecule has 2 N–H and O–H groups in total. The van der Waals surface area contributed by atoms with Crippen LogP contribution in [0.1, 0.15) is 49.8 Å². The SMILES string of the molecule is COc1cc2c3c(c1)[C@@]1(C(=O)N3C(C)(C)C[C@@H]2C)C(C#N)=C(N)Oc2c1c(=O)oc1ccccc21. The van der Waals surface area contributed by atoms with E-state index in [1.165, 1.54) is 0 Å². The molecule has 1 amide bonds. The number of nitrogens with two attached hydrogens (primary N) is 1. The number of nitrogens with zero attached hydrogens (tertiary/aromatic N) is 2. The summed E-state index contributed by atoms with van der Waals surface area (Å²) in [7, 11) is 1.54. The van der Waals surface area contributed by atoms with Gasteiger partial charge in [-0.2, -0.15) is 5.26 Å². The van der Waals surface area contributed by atoms with Crippen LogP contribution in [0.15, 0.2) is 57.1 Å². The summed E-state index contributed by atoms with van der Waals surface area (Å²) in [6.45, 7) is 6.07. The Kier molecular flexibility index (Phi) is 4.05. The summed E-state index contributed by atoms with van der Waals surface area (Å²) in [5.41, 5.74) is 5.36. The molecule has 1 spiro atoms. The molecule has 4 heterocycles. The highest BCUT2D eigenvalue weighted by molar-refractivity contribution is 6.16. The summed E-state index contributed by atoms with van der Waals surface area (Å²) in [6, 6.07) is 12.6. The smallest absolute Gasteiger partial charge is 0.345 e. The van der Waals surface area contributed by atoms with Gasteiger partial charge in [-0.05, 0) is 56.0 Å². The molecule has 1 aromatic heterocycles. The lowest BCUT2D eigenvalue weighted by Gasteiger charge is -2.44. The average Bonchev–Trinajstić information content (AvgIpc) is 3.07. The van der Waals surface area contributed by atoms with Crippen LogP contribution in [0.5, 0.6) is 11.5 Å². The highest BCUT2D eigenvalue weighted by Gasteiger charge is 2.65. The Bertz CT molecular complexity index is 1610. The highest BCUT2D eigenvalue weighted by atomic mass is 16.5. The number of anilines is 1. The van der Waals surface area contributed by atoms with Gasteiger partial charge in [0.2, 0.25) is 11.8 Å². The van der Waals surface area contributed by atoms with E-state index in [1.54, 1.807) is 42.3 Å². The van der Waals surface area contributed by atoms with Crippen LogP contribution in [0.3, 0.4) is 0 Å². The van der Waals surface area contributed by atoms with Crippen molar-refractivity contribution in [2.24, 2.45) is 5.73 Å². The number of rotatable bonds is 1. The molecular weight excluding hydrogens is 446 g/mol. The lowest BCUT2D eigenvalue weighted by atomic mass is 9.68. The third kappa shape index (κ3) is 2.40. The van der Waals surface area contributed by atoms with Crippen LogP contribution < -0.4 is 25.7 Å². The number of ether oxygens (including phenoxy) is 2. The van der Waals surface area contributed by atoms with Crippen molar-refractivity contribution < 1.29 is 18.7 Å². The third-order valence-corrected chi connectivity index (χ3v) is 7.53. The summed E-state index contributed by atoms with van der Waals surface area (Å²) in [5, 5.41) is 10.8. The summed E-state index contributed by atoms with van der Waals surface area (Å²) >= 11 is 0. The second-order valence-corrected chi connectivity index (χ2v) is 9.96. The predicted octanol–water partition coefficient (Wildman–Crippen LogP) is 3.81. The van der Waals surface area contributed by atoms with Crippen molar-refractivity contribution in [1.82, 2.24) is 0 Å². The van der Waals surface area contributed by atoms with Gasteiger partial charge in [0, 0.05) is 11.1 Å². The fourth-order valence-electron chi connectivity index (χ4n) is 6.21. The Morgan fingerprint density at radius 1 is 1.23 bits per heavy atom. The van der Waals surface area contributed by atoms with E-state index >= 15 is 0 Å². The molecule has 3 aliphatic rings. The maximum Gasteiger partial charge on any atom is 0.345 e. The number of hydrogen-bond acceptors (Lipinski definition) is 7. The second-order valence-electron chi connectivity index (χ2n) is 9.96. The molecule has 0 radical (unpaired) electrons. The van der Waals surface area contributed by atoms with E-state index in [2.05, 4.69) is 13.0 Å². The van der Waals surface area contributed by atoms with Crippen molar-refractivity contribution in [2.45, 2.75) is 44.1 Å². The van der Waals surface area contributed by atoms with Crippen molar-refractivity contribution in [3.63, 3.8) is 0 Å². The number of amides is 1. The molecule has 8 nitrogen and oxygen atoms in total. The number of carbonyl (C=O) groups excluding carboxylic acids is 1. The summed E-state index contributed by atoms with van der Waals surface area (Å²) in [6.07, 6.45) is 0.686. The summed E-state index contributed by atoms with van der Waals surface area (Å²) in [4.78, 5) is 30.0. The largest absolute Gasteiger partial charge is 0.497 e. The van der Waals surface area contributed by atoms with Crippen LogP contribution in [0, 0.1) is 11.3 Å². The van der Waals surface area contributed by atoms with Gasteiger partial charge in [-0.15, -0.1) is 0 Å². The lowest BCUT2D eigenvalue weighted by Crippen LogP contribution is -2.55. The van der Waals surface area contributed by atoms with Gasteiger partial charge in [-0.1, -0.05) is 19.1 Å². The van der Waals surface area contributed by atoms with Crippen LogP contribution in [0.2, 0.25) is 0 Å². The van der Waals surface area contributed by atoms with Gasteiger partial charge in [0.25, 0.3) is 0 Å². The van der Waals surface area contributed by atoms with Crippen molar-refractivity contribution >= 4 is 22.6 Å². The number of hydrogen-bond donors (Lipinski definition) is 1. The number of carbonyl (C=O) groups is 1. The second kappa shape index (κ2) is 6.66. The molecular formula is C27H23N3O5. The van der Waals surface area contributed by atoms with Gasteiger partial charge in [0.05, 0.1) is 18.2 Å². The number of nitriles is 1. The Morgan fingerprint density at radius 2 is 1.97 bits per heavy atom. The molecule has 3 aromatic rings. The molecule has 0 fully saturated rings. The van der Waals surface area contributed by atoms with Crippen LogP contribution in [-0.2, 0) is 10.2 Å². The first-order chi connectivity index (χ1) is 16.7. The van der Waals surface area contributed by atoms with E-state index in [0.29, 0.717) is 34.4 Å². The highest BCUT2D eigenvalue weighted by Crippen LogP contribution is 2.61. The first kappa shape index (κ1) is 21.3. The van der Waals surface area contributed by atoms with E-state index in [-0.39, 0.29) is 28.7 Å². The van der Waals surface area contributed by atoms with E-state index in [4.69, 9.17) is 19.6 Å². The third-order valence-electron chi connectivity index (χ3n) is 7.53. The Hall–Kier alpha value is -4.25. The minimum atomic E-state index is -1.82. The maximum absolute atomic E-state index is 14.7. The normalized spacial score (nSPS) is 23.7. The van der Waals surface area contributed by atoms with Crippen LogP contribution in [0.4, 0.5) is 5.69 Å². The average molecular weight is 469 g/mol. The number of para-hydroxylation sites is 1. The molecule has 0 saturated carbocycles. The molecule has 2 aromatic carbocycles. The number of methoxy groups -OCH3 is 1. The Balaban J connectivity index is 1.86. The number of fused-ring (bicyclic) bond motifs is 5. The minimum absolute atomic E-state index is 0.0414. The maximum atomic E-state index is 14.7. The van der Waals surface area contributed by atoms with Crippen LogP contribution >= 0.6 is 0 Å². The van der Waals surface area contributed by atoms with Crippen molar-refractivity contribution in [1.29, 1.82) is 5.26 Å². The molecule has 0 bridgehead atoms. The van der Waals surface area contributed by atoms with E-state index in [0.717, 1.165) is 5.56 Å². The summed E-state index contributed by atoms with van der Waals surface area (Å²) < 4.78 is 17.2. The molecule has 176 valence electrons. The standard InChI is InChI=1S/C27H23N3O5/c1-13-11-26(2,3)30-21-16(13)9-14(33-4)10-17(21)27(25(30)32)18(12-28)23(29)35-22-15-7-5-6-8-19(15)34-24(31)20(22)27/h5-10,13H,11,29H2,1-4H3/t13-,27+/m0/s1. The minimum Gasteiger partial charge on any atom is -0.497 e. The van der Waals surface area contributed by atoms with Crippen molar-refractivity contribution in [3.8, 4) is 17.6 Å². The van der Waals surface area contributed by atoms with Gasteiger partial charge >= 0.3 is 5.63 Å². The van der Waals surface area contributed by atoms with Gasteiger partial charge in [0.1, 0.15) is 28.5 Å². The first-order valence-corrected chi connectivity index (χ1v) is 11.4. The molecule has 3 aliphatic heterocycles. The molecule has 0 aliphatic carbocycles. The predicted molar refractivity (Wildman–Crippen MR) is 128 cm³/mol. The van der Waals surface area contributed by atoms with E-state index in [9.17, 15) is 14.9 Å². The molecule has 0 unspecified atom stereocenters. The lowest BCUT2D eigenvalue weighted by molar-refractivity contribution is -0.122. The van der Waals surface area contributed by atoms with Gasteiger partial charge < -0.3 is 24.5 Å². The van der Waals surface area contributed by atoms with Crippen molar-refractivity contribution in [3.05, 3.63) is 75.0 Å². The van der Waals surface area contributed by atoms with Gasteiger partial charge in [-0.25, -0.2) is 4.79 Å². The monoisotopic (exact) mass is 469 g/mol. The molecule has 35 heavy (non-hydrogen) atoms. The fourth-order valence-corrected chi connectivity index (χ4v) is 6.21. The molecule has 0 saturated heterocycles. The zero-order chi connectivity index (χ0) is 24.9. The van der Waals surface area contributed by atoms with Crippen LogP contribution in [-0.4, -0.2) is 18.6 Å². The quantitative estimate of drug-likeness (QED) is 0.538. The zero-order valence-electron chi connectivity index (χ0n) is 19.8. The fraction of sp³-hybridized carbons (Fsp3) is 0.296. The van der Waals surface area contributed by atoms with Gasteiger partial charge in [-0.3, -0.25) is 4.79 Å². The summed E-state index contributed by atoms with van der Waals surface area (Å²) in [5.74, 6) is 0.113. The Labute approximate surface area is 201 Å². The Morgan fingerprint density at radius 3 is 2.69 bits per heavy atom. The zero-order valence-corrected chi connectivity index (χ0v) is 19.8. The van der Waals surface area contributed by atoms with E-state index < -0.39 is 22.5 Å². The first-order valence-electron chi connectivity index (χ1n) is 11.4. The topological polar surface area (TPSA) is 119 Å². The van der Waals surface area contributed by atoms with Crippen LogP contribution in [0.25, 0.3) is 11.0 Å². The number of benzene rings is 2. The van der Waals surface area contributed by atoms with Crippen molar-refractivity contribution in [2.75, 3.05) is 12.0 Å². The van der Waals surface area contributed by atoms with E-state index in [1.807, 2.05) is 19.9 Å².